The maximum absolute atomic E-state index is 5.94. The summed E-state index contributed by atoms with van der Waals surface area (Å²) in [7, 11) is 0. The van der Waals surface area contributed by atoms with Crippen LogP contribution >= 0.6 is 11.6 Å². The normalized spacial score (nSPS) is 9.93. The van der Waals surface area contributed by atoms with Gasteiger partial charge < -0.3 is 9.80 Å². The maximum Gasteiger partial charge on any atom is 0.115 e. The summed E-state index contributed by atoms with van der Waals surface area (Å²) in [5, 5.41) is 0. The number of hydrogen-bond acceptors (Lipinski definition) is 2. The van der Waals surface area contributed by atoms with E-state index in [4.69, 9.17) is 11.6 Å². The first-order valence-corrected chi connectivity index (χ1v) is 6.48. The number of nitrogens with zero attached hydrogens (tertiary/aromatic N) is 2. The molecular weight excluding hydrogens is 208 g/mol. The summed E-state index contributed by atoms with van der Waals surface area (Å²) >= 11 is 5.94. The van der Waals surface area contributed by atoms with Crippen LogP contribution in [0.4, 0.5) is 0 Å². The zero-order valence-corrected chi connectivity index (χ0v) is 11.3. The monoisotopic (exact) mass is 232 g/mol. The van der Waals surface area contributed by atoms with E-state index in [1.165, 1.54) is 5.82 Å². The first kappa shape index (κ1) is 14.6. The average Bonchev–Trinajstić information content (AvgIpc) is 2.27. The van der Waals surface area contributed by atoms with Gasteiger partial charge in [0, 0.05) is 31.7 Å². The SMILES string of the molecule is CCCN(CC)C(=CCl)N(CC)CCC. The summed E-state index contributed by atoms with van der Waals surface area (Å²) < 4.78 is 0. The third kappa shape index (κ3) is 4.78. The molecule has 0 spiro atoms. The molecule has 2 nitrogen and oxygen atoms in total. The maximum atomic E-state index is 5.94. The second-order valence-corrected chi connectivity index (χ2v) is 3.84. The molecule has 0 atom stereocenters. The highest BCUT2D eigenvalue weighted by Crippen LogP contribution is 2.13. The number of rotatable bonds is 8. The Bertz CT molecular complexity index is 164. The Labute approximate surface area is 99.9 Å². The predicted octanol–water partition coefficient (Wildman–Crippen LogP) is 3.49. The Morgan fingerprint density at radius 3 is 1.53 bits per heavy atom. The molecule has 0 bridgehead atoms. The largest absolute Gasteiger partial charge is 0.358 e. The fourth-order valence-corrected chi connectivity index (χ4v) is 2.02. The fourth-order valence-electron chi connectivity index (χ4n) is 1.75. The van der Waals surface area contributed by atoms with Crippen molar-refractivity contribution in [2.45, 2.75) is 40.5 Å². The molecule has 0 saturated heterocycles. The number of halogens is 1. The molecule has 0 amide bonds. The minimum Gasteiger partial charge on any atom is -0.358 e. The molecule has 0 heterocycles. The second kappa shape index (κ2) is 8.90. The van der Waals surface area contributed by atoms with Crippen LogP contribution in [0, 0.1) is 0 Å². The lowest BCUT2D eigenvalue weighted by atomic mass is 10.3. The van der Waals surface area contributed by atoms with Crippen LogP contribution in [0.3, 0.4) is 0 Å². The lowest BCUT2D eigenvalue weighted by Gasteiger charge is -2.34. The Morgan fingerprint density at radius 1 is 0.933 bits per heavy atom. The topological polar surface area (TPSA) is 6.48 Å². The lowest BCUT2D eigenvalue weighted by Crippen LogP contribution is -2.36. The molecule has 0 aliphatic carbocycles. The van der Waals surface area contributed by atoms with E-state index in [9.17, 15) is 0 Å². The van der Waals surface area contributed by atoms with E-state index in [0.717, 1.165) is 39.0 Å². The van der Waals surface area contributed by atoms with Gasteiger partial charge in [-0.1, -0.05) is 25.4 Å². The fraction of sp³-hybridized carbons (Fsp3) is 0.833. The highest BCUT2D eigenvalue weighted by Gasteiger charge is 2.12. The Hall–Kier alpha value is -0.370. The van der Waals surface area contributed by atoms with E-state index in [1.54, 1.807) is 5.54 Å². The van der Waals surface area contributed by atoms with E-state index in [1.807, 2.05) is 0 Å². The van der Waals surface area contributed by atoms with E-state index < -0.39 is 0 Å². The summed E-state index contributed by atoms with van der Waals surface area (Å²) in [4.78, 5) is 4.68. The van der Waals surface area contributed by atoms with Gasteiger partial charge in [-0.05, 0) is 26.7 Å². The van der Waals surface area contributed by atoms with Gasteiger partial charge in [-0.2, -0.15) is 0 Å². The van der Waals surface area contributed by atoms with Crippen molar-refractivity contribution in [3.63, 3.8) is 0 Å². The summed E-state index contributed by atoms with van der Waals surface area (Å²) in [6, 6.07) is 0. The standard InChI is InChI=1S/C12H25ClN2/c1-5-9-14(7-3)12(11-13)15(8-4)10-6-2/h11H,5-10H2,1-4H3. The van der Waals surface area contributed by atoms with Gasteiger partial charge in [0.15, 0.2) is 0 Å². The molecule has 90 valence electrons. The van der Waals surface area contributed by atoms with Crippen LogP contribution in [-0.2, 0) is 0 Å². The summed E-state index contributed by atoms with van der Waals surface area (Å²) in [5.41, 5.74) is 1.72. The Morgan fingerprint density at radius 2 is 1.33 bits per heavy atom. The molecule has 0 aromatic carbocycles. The average molecular weight is 233 g/mol. The van der Waals surface area contributed by atoms with E-state index in [0.29, 0.717) is 0 Å². The second-order valence-electron chi connectivity index (χ2n) is 3.63. The van der Waals surface area contributed by atoms with Crippen LogP contribution in [0.15, 0.2) is 11.4 Å². The highest BCUT2D eigenvalue weighted by molar-refractivity contribution is 6.25. The number of hydrogen-bond donors (Lipinski definition) is 0. The van der Waals surface area contributed by atoms with Crippen LogP contribution < -0.4 is 0 Å². The van der Waals surface area contributed by atoms with Crippen molar-refractivity contribution in [2.24, 2.45) is 0 Å². The van der Waals surface area contributed by atoms with Gasteiger partial charge in [-0.15, -0.1) is 0 Å². The van der Waals surface area contributed by atoms with Gasteiger partial charge in [-0.25, -0.2) is 0 Å². The molecule has 0 aromatic heterocycles. The quantitative estimate of drug-likeness (QED) is 0.632. The summed E-state index contributed by atoms with van der Waals surface area (Å²) in [6.45, 7) is 12.9. The van der Waals surface area contributed by atoms with Gasteiger partial charge in [0.2, 0.25) is 0 Å². The molecule has 0 N–H and O–H groups in total. The minimum atomic E-state index is 1.02. The van der Waals surface area contributed by atoms with Crippen LogP contribution in [0.1, 0.15) is 40.5 Å². The van der Waals surface area contributed by atoms with Gasteiger partial charge in [0.25, 0.3) is 0 Å². The molecule has 0 aromatic rings. The summed E-state index contributed by atoms with van der Waals surface area (Å²) in [6.07, 6.45) is 2.32. The van der Waals surface area contributed by atoms with Crippen LogP contribution in [-0.4, -0.2) is 36.0 Å². The molecular formula is C12H25ClN2. The molecule has 3 heteroatoms. The smallest absolute Gasteiger partial charge is 0.115 e. The Kier molecular flexibility index (Phi) is 8.68. The lowest BCUT2D eigenvalue weighted by molar-refractivity contribution is 0.222. The van der Waals surface area contributed by atoms with Crippen molar-refractivity contribution in [1.29, 1.82) is 0 Å². The van der Waals surface area contributed by atoms with E-state index in [2.05, 4.69) is 37.5 Å². The van der Waals surface area contributed by atoms with Crippen molar-refractivity contribution < 1.29 is 0 Å². The highest BCUT2D eigenvalue weighted by atomic mass is 35.5. The van der Waals surface area contributed by atoms with Crippen LogP contribution in [0.5, 0.6) is 0 Å². The molecule has 0 unspecified atom stereocenters. The molecule has 0 aliphatic heterocycles. The van der Waals surface area contributed by atoms with Crippen molar-refractivity contribution in [2.75, 3.05) is 26.2 Å². The van der Waals surface area contributed by atoms with E-state index >= 15 is 0 Å². The first-order chi connectivity index (χ1) is 7.24. The minimum absolute atomic E-state index is 1.02. The summed E-state index contributed by atoms with van der Waals surface area (Å²) in [5.74, 6) is 1.17. The third-order valence-electron chi connectivity index (χ3n) is 2.50. The van der Waals surface area contributed by atoms with Gasteiger partial charge in [0.1, 0.15) is 5.82 Å². The Balaban J connectivity index is 4.54. The van der Waals surface area contributed by atoms with Gasteiger partial charge in [-0.3, -0.25) is 0 Å². The first-order valence-electron chi connectivity index (χ1n) is 6.05. The molecule has 0 saturated carbocycles. The molecule has 0 radical (unpaired) electrons. The van der Waals surface area contributed by atoms with Gasteiger partial charge >= 0.3 is 0 Å². The van der Waals surface area contributed by atoms with Crippen molar-refractivity contribution in [3.8, 4) is 0 Å². The molecule has 0 rings (SSSR count). The van der Waals surface area contributed by atoms with Crippen LogP contribution in [0.2, 0.25) is 0 Å². The molecule has 0 aliphatic rings. The van der Waals surface area contributed by atoms with Crippen molar-refractivity contribution in [1.82, 2.24) is 9.80 Å². The van der Waals surface area contributed by atoms with E-state index in [-0.39, 0.29) is 0 Å². The molecule has 15 heavy (non-hydrogen) atoms. The zero-order valence-electron chi connectivity index (χ0n) is 10.6. The zero-order chi connectivity index (χ0) is 11.7. The van der Waals surface area contributed by atoms with Crippen molar-refractivity contribution in [3.05, 3.63) is 11.4 Å². The van der Waals surface area contributed by atoms with Gasteiger partial charge in [0.05, 0.1) is 0 Å². The third-order valence-corrected chi connectivity index (χ3v) is 2.69. The van der Waals surface area contributed by atoms with Crippen molar-refractivity contribution >= 4 is 11.6 Å². The van der Waals surface area contributed by atoms with Crippen LogP contribution in [0.25, 0.3) is 0 Å². The molecule has 0 fully saturated rings. The predicted molar refractivity (Wildman–Crippen MR) is 69.0 cm³/mol.